The van der Waals surface area contributed by atoms with Crippen LogP contribution in [-0.2, 0) is 51.2 Å². The normalized spacial score (nSPS) is 25.3. The van der Waals surface area contributed by atoms with Crippen LogP contribution < -0.4 is 48.7 Å². The molecule has 7 bridgehead atoms. The molecule has 3 aromatic rings. The maximum absolute atomic E-state index is 14.7. The van der Waals surface area contributed by atoms with Crippen molar-refractivity contribution in [2.24, 2.45) is 34.2 Å². The van der Waals surface area contributed by atoms with Gasteiger partial charge in [-0.2, -0.15) is 0 Å². The molecule has 8 atom stereocenters. The van der Waals surface area contributed by atoms with Gasteiger partial charge in [0.05, 0.1) is 5.69 Å². The van der Waals surface area contributed by atoms with Gasteiger partial charge in [0.25, 0.3) is 0 Å². The van der Waals surface area contributed by atoms with Crippen LogP contribution in [0.25, 0.3) is 16.7 Å². The van der Waals surface area contributed by atoms with E-state index in [0.29, 0.717) is 33.5 Å². The second-order valence-corrected chi connectivity index (χ2v) is 18.7. The third kappa shape index (κ3) is 11.9. The van der Waals surface area contributed by atoms with E-state index < -0.39 is 95.5 Å². The third-order valence-corrected chi connectivity index (χ3v) is 12.4. The summed E-state index contributed by atoms with van der Waals surface area (Å²) in [6.45, 7) is 11.0. The zero-order valence-electron chi connectivity index (χ0n) is 38.6. The standard InChI is InChI=1S/C45H63N13O9/c1-20(2)14-30-41(63)56-35(22(5)6)42(64)54-31-17-26-25-10-9-23(34(21(3)4)36(43(65)53-30)57-39(61)28-11-12-33(59)50-28)15-29(25)51-37(26)58-18-24(49-19-58)16-32(44(66)67)55-38(60)27(52-40(31)62)8-7-13-48-45(46)47/h9-10,15,18-22,27-28,30-32,34-36,51H,7-8,11-14,16-17H2,1-6H3,(H,50,59)(H,52,62)(H,53,65)(H,54,64)(H,55,60)(H,56,63)(H,57,61)(H,66,67)(H4,46,47,48)/t27-,28+,30-,31+,32+,34-,35-,36-/m1/s1. The molecule has 6 heterocycles. The summed E-state index contributed by atoms with van der Waals surface area (Å²) < 4.78 is 1.62. The molecule has 67 heavy (non-hydrogen) atoms. The van der Waals surface area contributed by atoms with Crippen LogP contribution >= 0.6 is 0 Å². The van der Waals surface area contributed by atoms with Crippen molar-refractivity contribution >= 4 is 64.2 Å². The number of carboxylic acids is 1. The van der Waals surface area contributed by atoms with Crippen LogP contribution in [0.15, 0.2) is 35.7 Å². The van der Waals surface area contributed by atoms with E-state index in [4.69, 9.17) is 11.5 Å². The van der Waals surface area contributed by atoms with Crippen LogP contribution in [0.3, 0.4) is 0 Å². The van der Waals surface area contributed by atoms with Crippen LogP contribution in [0.4, 0.5) is 0 Å². The van der Waals surface area contributed by atoms with Gasteiger partial charge in [0.2, 0.25) is 41.4 Å². The molecule has 22 nitrogen and oxygen atoms in total. The fourth-order valence-electron chi connectivity index (χ4n) is 8.98. The first-order valence-electron chi connectivity index (χ1n) is 22.8. The number of aliphatic carboxylic acids is 1. The van der Waals surface area contributed by atoms with Gasteiger partial charge < -0.3 is 58.8 Å². The van der Waals surface area contributed by atoms with Crippen molar-refractivity contribution < 1.29 is 43.5 Å². The number of nitrogens with one attached hydrogen (secondary N) is 8. The SMILES string of the molecule is CC(C)C[C@H]1NC(=O)[C@H](NC(=O)[C@@H]2CCC(=O)N2)[C@H](C(C)C)c2ccc3c4c([nH]c3c2)-n2cnc(c2)C[C@@H](C(=O)O)NC(=O)[C@@H](CCCN=C(N)N)NC(=O)[C@H](C4)NC(=O)[C@@H](C(C)C)NC1=O. The van der Waals surface area contributed by atoms with Crippen molar-refractivity contribution in [3.8, 4) is 5.82 Å². The number of aliphatic imine (C=N–C) groups is 1. The maximum atomic E-state index is 14.7. The number of fused-ring (bicyclic) bond motifs is 13. The molecule has 1 fully saturated rings. The Balaban J connectivity index is 1.55. The highest BCUT2D eigenvalue weighted by molar-refractivity contribution is 5.99. The van der Waals surface area contributed by atoms with E-state index >= 15 is 0 Å². The monoisotopic (exact) mass is 929 g/mol. The Morgan fingerprint density at radius 2 is 1.57 bits per heavy atom. The van der Waals surface area contributed by atoms with Crippen LogP contribution in [0.1, 0.15) is 96.4 Å². The minimum absolute atomic E-state index is 0.0154. The van der Waals surface area contributed by atoms with Crippen molar-refractivity contribution in [3.63, 3.8) is 0 Å². The lowest BCUT2D eigenvalue weighted by atomic mass is 9.81. The Kier molecular flexibility index (Phi) is 15.6. The number of H-pyrrole nitrogens is 1. The predicted molar refractivity (Wildman–Crippen MR) is 245 cm³/mol. The second-order valence-electron chi connectivity index (χ2n) is 18.7. The highest BCUT2D eigenvalue weighted by Crippen LogP contribution is 2.35. The molecule has 362 valence electrons. The number of carbonyl (C=O) groups is 8. The predicted octanol–water partition coefficient (Wildman–Crippen LogP) is -0.767. The van der Waals surface area contributed by atoms with Gasteiger partial charge in [-0.1, -0.05) is 53.7 Å². The summed E-state index contributed by atoms with van der Waals surface area (Å²) in [6.07, 6.45) is 3.43. The minimum Gasteiger partial charge on any atom is -0.480 e. The van der Waals surface area contributed by atoms with E-state index in [0.717, 1.165) is 0 Å². The molecule has 1 saturated heterocycles. The van der Waals surface area contributed by atoms with E-state index in [1.165, 1.54) is 6.33 Å². The Hall–Kier alpha value is -7.00. The topological polar surface area (TPSA) is 339 Å². The van der Waals surface area contributed by atoms with Crippen molar-refractivity contribution in [2.75, 3.05) is 6.54 Å². The summed E-state index contributed by atoms with van der Waals surface area (Å²) in [6, 6.07) is -3.23. The number of guanidine groups is 1. The van der Waals surface area contributed by atoms with E-state index in [2.05, 4.69) is 52.2 Å². The Labute approximate surface area is 387 Å². The van der Waals surface area contributed by atoms with Crippen molar-refractivity contribution in [1.29, 1.82) is 0 Å². The van der Waals surface area contributed by atoms with Gasteiger partial charge >= 0.3 is 5.97 Å². The number of imidazole rings is 1. The number of nitrogens with zero attached hydrogens (tertiary/aromatic N) is 3. The van der Waals surface area contributed by atoms with E-state index in [1.54, 1.807) is 24.6 Å². The Morgan fingerprint density at radius 3 is 2.21 bits per heavy atom. The first-order valence-corrected chi connectivity index (χ1v) is 22.8. The molecule has 0 unspecified atom stereocenters. The highest BCUT2D eigenvalue weighted by atomic mass is 16.4. The summed E-state index contributed by atoms with van der Waals surface area (Å²) in [5.41, 5.74) is 13.0. The first-order chi connectivity index (χ1) is 31.7. The van der Waals surface area contributed by atoms with Gasteiger partial charge in [0.1, 0.15) is 54.4 Å². The molecule has 13 N–H and O–H groups in total. The minimum atomic E-state index is -1.45. The average molecular weight is 930 g/mol. The second kappa shape index (κ2) is 21.1. The van der Waals surface area contributed by atoms with Gasteiger partial charge in [-0.15, -0.1) is 0 Å². The number of carbonyl (C=O) groups excluding carboxylic acids is 7. The van der Waals surface area contributed by atoms with Crippen LogP contribution in [-0.4, -0.2) is 122 Å². The number of amides is 7. The number of aromatic amines is 1. The van der Waals surface area contributed by atoms with Crippen molar-refractivity contribution in [1.82, 2.24) is 51.8 Å². The maximum Gasteiger partial charge on any atom is 0.326 e. The van der Waals surface area contributed by atoms with E-state index in [1.807, 2.05) is 45.9 Å². The number of benzene rings is 1. The van der Waals surface area contributed by atoms with Crippen LogP contribution in [0.5, 0.6) is 0 Å². The number of hydrogen-bond donors (Lipinski definition) is 11. The molecule has 0 radical (unpaired) electrons. The van der Waals surface area contributed by atoms with E-state index in [9.17, 15) is 43.5 Å². The number of aromatic nitrogens is 3. The smallest absolute Gasteiger partial charge is 0.326 e. The number of hydrogen-bond acceptors (Lipinski definition) is 10. The van der Waals surface area contributed by atoms with Gasteiger partial charge in [-0.3, -0.25) is 43.1 Å². The Morgan fingerprint density at radius 1 is 0.851 bits per heavy atom. The molecule has 22 heteroatoms. The van der Waals surface area contributed by atoms with Gasteiger partial charge in [-0.05, 0) is 55.1 Å². The van der Waals surface area contributed by atoms with Crippen LogP contribution in [0, 0.1) is 17.8 Å². The average Bonchev–Trinajstić information content (AvgIpc) is 4.00. The zero-order chi connectivity index (χ0) is 48.9. The Bertz CT molecular complexity index is 2420. The van der Waals surface area contributed by atoms with Crippen molar-refractivity contribution in [2.45, 2.75) is 135 Å². The molecule has 1 aromatic carbocycles. The third-order valence-electron chi connectivity index (χ3n) is 12.4. The summed E-state index contributed by atoms with van der Waals surface area (Å²) >= 11 is 0. The fourth-order valence-corrected chi connectivity index (χ4v) is 8.98. The van der Waals surface area contributed by atoms with Crippen LogP contribution in [0.2, 0.25) is 0 Å². The molecular weight excluding hydrogens is 867 g/mol. The highest BCUT2D eigenvalue weighted by Gasteiger charge is 2.40. The summed E-state index contributed by atoms with van der Waals surface area (Å²) in [7, 11) is 0. The summed E-state index contributed by atoms with van der Waals surface area (Å²) in [5, 5.41) is 30.3. The number of carboxylic acid groups (broad SMARTS) is 1. The fraction of sp³-hybridized carbons (Fsp3) is 0.556. The lowest BCUT2D eigenvalue weighted by Crippen LogP contribution is -2.61. The molecule has 7 rings (SSSR count). The molecule has 0 aliphatic carbocycles. The molecule has 4 aliphatic rings. The van der Waals surface area contributed by atoms with Gasteiger partial charge in [0, 0.05) is 54.4 Å². The lowest BCUT2D eigenvalue weighted by molar-refractivity contribution is -0.142. The first kappa shape index (κ1) is 49.4. The molecule has 0 spiro atoms. The largest absolute Gasteiger partial charge is 0.480 e. The molecule has 2 aromatic heterocycles. The summed E-state index contributed by atoms with van der Waals surface area (Å²) in [5.74, 6) is -7.25. The van der Waals surface area contributed by atoms with Gasteiger partial charge in [-0.25, -0.2) is 9.78 Å². The van der Waals surface area contributed by atoms with Gasteiger partial charge in [0.15, 0.2) is 5.96 Å². The van der Waals surface area contributed by atoms with Crippen molar-refractivity contribution in [3.05, 3.63) is 47.5 Å². The number of rotatable bonds is 11. The van der Waals surface area contributed by atoms with E-state index in [-0.39, 0.29) is 75.2 Å². The number of nitrogens with two attached hydrogens (primary N) is 2. The molecule has 7 amide bonds. The molecule has 0 saturated carbocycles. The summed E-state index contributed by atoms with van der Waals surface area (Å²) in [4.78, 5) is 123. The molecular formula is C45H63N13O9. The zero-order valence-corrected chi connectivity index (χ0v) is 38.6. The quantitative estimate of drug-likeness (QED) is 0.0489. The lowest BCUT2D eigenvalue weighted by Gasteiger charge is -2.33. The molecule has 4 aliphatic heterocycles.